The average molecular weight is 386 g/mol. The molecule has 2 saturated heterocycles. The van der Waals surface area contributed by atoms with Crippen molar-refractivity contribution in [1.82, 2.24) is 9.88 Å². The molecule has 6 heteroatoms. The normalized spacial score (nSPS) is 22.2. The molecular weight excluding hydrogens is 356 g/mol. The van der Waals surface area contributed by atoms with E-state index in [1.54, 1.807) is 24.5 Å². The smallest absolute Gasteiger partial charge is 0.312 e. The number of amides is 1. The van der Waals surface area contributed by atoms with Crippen LogP contribution in [0.25, 0.3) is 6.08 Å². The highest BCUT2D eigenvalue weighted by atomic mass is 16.5. The van der Waals surface area contributed by atoms with Crippen molar-refractivity contribution in [2.75, 3.05) is 26.3 Å². The van der Waals surface area contributed by atoms with Crippen molar-refractivity contribution >= 4 is 18.0 Å². The van der Waals surface area contributed by atoms with Gasteiger partial charge in [-0.3, -0.25) is 14.6 Å². The summed E-state index contributed by atoms with van der Waals surface area (Å²) in [5.74, 6) is -0.160. The summed E-state index contributed by atoms with van der Waals surface area (Å²) < 4.78 is 11.3. The fourth-order valence-electron chi connectivity index (χ4n) is 4.08. The van der Waals surface area contributed by atoms with Crippen molar-refractivity contribution in [3.8, 4) is 0 Å². The Labute approximate surface area is 166 Å². The van der Waals surface area contributed by atoms with Gasteiger partial charge in [0.1, 0.15) is 0 Å². The minimum atomic E-state index is -0.538. The molecule has 1 aromatic heterocycles. The molecule has 0 saturated carbocycles. The van der Waals surface area contributed by atoms with E-state index in [1.165, 1.54) is 0 Å². The van der Waals surface area contributed by atoms with Crippen molar-refractivity contribution in [3.05, 3.63) is 36.2 Å². The number of rotatable bonds is 6. The summed E-state index contributed by atoms with van der Waals surface area (Å²) in [4.78, 5) is 31.1. The van der Waals surface area contributed by atoms with Crippen molar-refractivity contribution in [2.45, 2.75) is 51.6 Å². The topological polar surface area (TPSA) is 68.7 Å². The molecule has 0 bridgehead atoms. The third-order valence-corrected chi connectivity index (χ3v) is 5.76. The summed E-state index contributed by atoms with van der Waals surface area (Å²) in [6.07, 6.45) is 12.1. The molecule has 6 nitrogen and oxygen atoms in total. The van der Waals surface area contributed by atoms with Gasteiger partial charge in [-0.05, 0) is 69.2 Å². The van der Waals surface area contributed by atoms with E-state index >= 15 is 0 Å². The van der Waals surface area contributed by atoms with E-state index in [4.69, 9.17) is 9.47 Å². The SMILES string of the molecule is CCOC(=O)C1(C[C@H]2CCCCO2)CCN(C(=O)/C=C/c2ccncc2)CC1. The number of pyridine rings is 1. The number of nitrogens with zero attached hydrogens (tertiary/aromatic N) is 2. The van der Waals surface area contributed by atoms with Crippen molar-refractivity contribution in [2.24, 2.45) is 5.41 Å². The minimum Gasteiger partial charge on any atom is -0.466 e. The Balaban J connectivity index is 1.62. The van der Waals surface area contributed by atoms with Crippen LogP contribution in [0.1, 0.15) is 51.0 Å². The summed E-state index contributed by atoms with van der Waals surface area (Å²) in [6, 6.07) is 3.71. The average Bonchev–Trinajstić information content (AvgIpc) is 2.74. The van der Waals surface area contributed by atoms with Crippen molar-refractivity contribution in [1.29, 1.82) is 0 Å². The van der Waals surface area contributed by atoms with Crippen LogP contribution in [-0.2, 0) is 19.1 Å². The number of esters is 1. The maximum atomic E-state index is 12.8. The molecule has 152 valence electrons. The van der Waals surface area contributed by atoms with E-state index in [9.17, 15) is 9.59 Å². The summed E-state index contributed by atoms with van der Waals surface area (Å²) in [7, 11) is 0. The van der Waals surface area contributed by atoms with Gasteiger partial charge in [0.25, 0.3) is 0 Å². The predicted octanol–water partition coefficient (Wildman–Crippen LogP) is 3.23. The van der Waals surface area contributed by atoms with Crippen LogP contribution in [0.15, 0.2) is 30.6 Å². The number of ether oxygens (including phenoxy) is 2. The number of hydrogen-bond acceptors (Lipinski definition) is 5. The zero-order valence-corrected chi connectivity index (χ0v) is 16.6. The highest BCUT2D eigenvalue weighted by Crippen LogP contribution is 2.40. The molecule has 28 heavy (non-hydrogen) atoms. The molecule has 2 aliphatic heterocycles. The van der Waals surface area contributed by atoms with Crippen LogP contribution in [0.5, 0.6) is 0 Å². The molecule has 1 atom stereocenters. The number of carbonyl (C=O) groups is 2. The molecule has 3 heterocycles. The lowest BCUT2D eigenvalue weighted by molar-refractivity contribution is -0.163. The lowest BCUT2D eigenvalue weighted by Crippen LogP contribution is -2.48. The van der Waals surface area contributed by atoms with Crippen LogP contribution < -0.4 is 0 Å². The van der Waals surface area contributed by atoms with Gasteiger partial charge >= 0.3 is 5.97 Å². The Bertz CT molecular complexity index is 675. The van der Waals surface area contributed by atoms with E-state index in [0.717, 1.165) is 31.4 Å². The van der Waals surface area contributed by atoms with E-state index < -0.39 is 5.41 Å². The Kier molecular flexibility index (Phi) is 7.20. The van der Waals surface area contributed by atoms with Crippen LogP contribution in [0.3, 0.4) is 0 Å². The number of hydrogen-bond donors (Lipinski definition) is 0. The molecule has 0 N–H and O–H groups in total. The summed E-state index contributed by atoms with van der Waals surface area (Å²) in [5, 5.41) is 0. The highest BCUT2D eigenvalue weighted by molar-refractivity contribution is 5.92. The number of likely N-dealkylation sites (tertiary alicyclic amines) is 1. The highest BCUT2D eigenvalue weighted by Gasteiger charge is 2.45. The van der Waals surface area contributed by atoms with Gasteiger partial charge in [0, 0.05) is 38.2 Å². The van der Waals surface area contributed by atoms with Gasteiger partial charge in [0.05, 0.1) is 18.1 Å². The van der Waals surface area contributed by atoms with Gasteiger partial charge in [-0.1, -0.05) is 0 Å². The Morgan fingerprint density at radius 1 is 1.29 bits per heavy atom. The maximum absolute atomic E-state index is 12.8. The second-order valence-electron chi connectivity index (χ2n) is 7.63. The lowest BCUT2D eigenvalue weighted by atomic mass is 9.73. The molecule has 0 aromatic carbocycles. The van der Waals surface area contributed by atoms with Crippen LogP contribution in [-0.4, -0.2) is 54.2 Å². The van der Waals surface area contributed by atoms with Crippen molar-refractivity contribution < 1.29 is 19.1 Å². The Morgan fingerprint density at radius 3 is 2.68 bits per heavy atom. The van der Waals surface area contributed by atoms with E-state index in [-0.39, 0.29) is 18.0 Å². The monoisotopic (exact) mass is 386 g/mol. The van der Waals surface area contributed by atoms with Gasteiger partial charge in [0.2, 0.25) is 5.91 Å². The molecule has 0 aliphatic carbocycles. The fraction of sp³-hybridized carbons (Fsp3) is 0.591. The van der Waals surface area contributed by atoms with Crippen LogP contribution in [0.2, 0.25) is 0 Å². The summed E-state index contributed by atoms with van der Waals surface area (Å²) >= 11 is 0. The second kappa shape index (κ2) is 9.82. The number of aromatic nitrogens is 1. The van der Waals surface area contributed by atoms with Crippen molar-refractivity contribution in [3.63, 3.8) is 0 Å². The third kappa shape index (κ3) is 5.19. The number of piperidine rings is 1. The molecule has 1 aromatic rings. The van der Waals surface area contributed by atoms with Crippen LogP contribution >= 0.6 is 0 Å². The quantitative estimate of drug-likeness (QED) is 0.555. The molecule has 1 amide bonds. The molecule has 2 fully saturated rings. The number of carbonyl (C=O) groups excluding carboxylic acids is 2. The van der Waals surface area contributed by atoms with E-state index in [2.05, 4.69) is 4.98 Å². The van der Waals surface area contributed by atoms with Gasteiger partial charge in [-0.15, -0.1) is 0 Å². The first-order chi connectivity index (χ1) is 13.6. The van der Waals surface area contributed by atoms with Gasteiger partial charge in [-0.25, -0.2) is 0 Å². The van der Waals surface area contributed by atoms with Gasteiger partial charge in [-0.2, -0.15) is 0 Å². The first-order valence-electron chi connectivity index (χ1n) is 10.3. The molecule has 3 rings (SSSR count). The zero-order chi connectivity index (χ0) is 19.8. The Hall–Kier alpha value is -2.21. The Morgan fingerprint density at radius 2 is 2.04 bits per heavy atom. The third-order valence-electron chi connectivity index (χ3n) is 5.76. The van der Waals surface area contributed by atoms with Gasteiger partial charge < -0.3 is 14.4 Å². The molecule has 2 aliphatic rings. The van der Waals surface area contributed by atoms with Crippen LogP contribution in [0, 0.1) is 5.41 Å². The molecule has 0 spiro atoms. The van der Waals surface area contributed by atoms with Crippen LogP contribution in [0.4, 0.5) is 0 Å². The zero-order valence-electron chi connectivity index (χ0n) is 16.6. The predicted molar refractivity (Wildman–Crippen MR) is 106 cm³/mol. The lowest BCUT2D eigenvalue weighted by Gasteiger charge is -2.41. The second-order valence-corrected chi connectivity index (χ2v) is 7.63. The summed E-state index contributed by atoms with van der Waals surface area (Å²) in [5.41, 5.74) is 0.402. The van der Waals surface area contributed by atoms with Gasteiger partial charge in [0.15, 0.2) is 0 Å². The molecule has 0 radical (unpaired) electrons. The fourth-order valence-corrected chi connectivity index (χ4v) is 4.08. The molecule has 0 unspecified atom stereocenters. The summed E-state index contributed by atoms with van der Waals surface area (Å²) in [6.45, 7) is 4.11. The first kappa shape index (κ1) is 20.5. The first-order valence-corrected chi connectivity index (χ1v) is 10.3. The standard InChI is InChI=1S/C22H30N2O4/c1-2-27-21(26)22(17-19-5-3-4-16-28-19)10-14-24(15-11-22)20(25)7-6-18-8-12-23-13-9-18/h6-9,12-13,19H,2-5,10-11,14-17H2,1H3/b7-6+/t19-/m1/s1. The minimum absolute atomic E-state index is 0.0248. The van der Waals surface area contributed by atoms with E-state index in [1.807, 2.05) is 24.0 Å². The van der Waals surface area contributed by atoms with E-state index in [0.29, 0.717) is 39.0 Å². The molecular formula is C22H30N2O4. The largest absolute Gasteiger partial charge is 0.466 e. The maximum Gasteiger partial charge on any atom is 0.312 e.